The standard InChI is InChI=1S/C17H18ClF2N3/c1-12-10-22(11-13-2-3-14(19)8-16(13)18)6-7-23(12)17-5-4-15(20)9-21-17/h2-5,8-9,12H,6-7,10-11H2,1H3. The van der Waals surface area contributed by atoms with E-state index in [1.807, 2.05) is 0 Å². The maximum atomic E-state index is 13.1. The molecule has 3 nitrogen and oxygen atoms in total. The van der Waals surface area contributed by atoms with Crippen LogP contribution in [0.1, 0.15) is 12.5 Å². The van der Waals surface area contributed by atoms with Crippen LogP contribution in [0, 0.1) is 11.6 Å². The molecular formula is C17H18ClF2N3. The normalized spacial score (nSPS) is 19.1. The van der Waals surface area contributed by atoms with Crippen molar-refractivity contribution < 1.29 is 8.78 Å². The van der Waals surface area contributed by atoms with Gasteiger partial charge in [-0.25, -0.2) is 13.8 Å². The Morgan fingerprint density at radius 2 is 1.96 bits per heavy atom. The van der Waals surface area contributed by atoms with Crippen LogP contribution in [-0.4, -0.2) is 35.6 Å². The van der Waals surface area contributed by atoms with Crippen molar-refractivity contribution >= 4 is 17.4 Å². The minimum absolute atomic E-state index is 0.251. The maximum Gasteiger partial charge on any atom is 0.141 e. The first-order valence-electron chi connectivity index (χ1n) is 7.57. The summed E-state index contributed by atoms with van der Waals surface area (Å²) in [6, 6.07) is 7.90. The van der Waals surface area contributed by atoms with Crippen LogP contribution >= 0.6 is 11.6 Å². The Hall–Kier alpha value is -1.72. The fourth-order valence-corrected chi connectivity index (χ4v) is 3.17. The number of hydrogen-bond acceptors (Lipinski definition) is 3. The molecule has 1 unspecified atom stereocenters. The van der Waals surface area contributed by atoms with Gasteiger partial charge in [0.2, 0.25) is 0 Å². The number of rotatable bonds is 3. The number of aromatic nitrogens is 1. The molecule has 122 valence electrons. The predicted octanol–water partition coefficient (Wildman–Crippen LogP) is 3.72. The minimum atomic E-state index is -0.328. The van der Waals surface area contributed by atoms with Gasteiger partial charge in [0.05, 0.1) is 6.20 Å². The van der Waals surface area contributed by atoms with E-state index in [0.717, 1.165) is 31.0 Å². The first kappa shape index (κ1) is 16.1. The molecule has 2 heterocycles. The number of anilines is 1. The Balaban J connectivity index is 1.65. The Kier molecular flexibility index (Phi) is 4.78. The third-order valence-corrected chi connectivity index (χ3v) is 4.48. The highest BCUT2D eigenvalue weighted by atomic mass is 35.5. The smallest absolute Gasteiger partial charge is 0.141 e. The summed E-state index contributed by atoms with van der Waals surface area (Å²) in [6.45, 7) is 5.29. The summed E-state index contributed by atoms with van der Waals surface area (Å²) < 4.78 is 26.1. The number of piperazine rings is 1. The van der Waals surface area contributed by atoms with Crippen LogP contribution < -0.4 is 4.90 Å². The molecular weight excluding hydrogens is 320 g/mol. The molecule has 1 saturated heterocycles. The number of benzene rings is 1. The topological polar surface area (TPSA) is 19.4 Å². The van der Waals surface area contributed by atoms with E-state index in [1.165, 1.54) is 24.4 Å². The van der Waals surface area contributed by atoms with Crippen LogP contribution in [0.5, 0.6) is 0 Å². The first-order valence-corrected chi connectivity index (χ1v) is 7.95. The molecule has 1 aliphatic rings. The Bertz CT molecular complexity index is 678. The van der Waals surface area contributed by atoms with E-state index in [0.29, 0.717) is 11.6 Å². The van der Waals surface area contributed by atoms with E-state index >= 15 is 0 Å². The highest BCUT2D eigenvalue weighted by Crippen LogP contribution is 2.23. The fraction of sp³-hybridized carbons (Fsp3) is 0.353. The Morgan fingerprint density at radius 3 is 2.61 bits per heavy atom. The molecule has 1 fully saturated rings. The lowest BCUT2D eigenvalue weighted by Crippen LogP contribution is -2.51. The van der Waals surface area contributed by atoms with Gasteiger partial charge >= 0.3 is 0 Å². The SMILES string of the molecule is CC1CN(Cc2ccc(F)cc2Cl)CCN1c1ccc(F)cn1. The fourth-order valence-electron chi connectivity index (χ4n) is 2.95. The van der Waals surface area contributed by atoms with E-state index in [4.69, 9.17) is 11.6 Å². The van der Waals surface area contributed by atoms with E-state index in [2.05, 4.69) is 21.7 Å². The van der Waals surface area contributed by atoms with Crippen molar-refractivity contribution in [2.24, 2.45) is 0 Å². The molecule has 1 atom stereocenters. The summed E-state index contributed by atoms with van der Waals surface area (Å²) in [5, 5.41) is 0.459. The van der Waals surface area contributed by atoms with Gasteiger partial charge in [-0.1, -0.05) is 17.7 Å². The third kappa shape index (κ3) is 3.79. The molecule has 1 aliphatic heterocycles. The zero-order chi connectivity index (χ0) is 16.4. The van der Waals surface area contributed by atoms with Crippen LogP contribution in [0.2, 0.25) is 5.02 Å². The van der Waals surface area contributed by atoms with Crippen LogP contribution in [0.25, 0.3) is 0 Å². The average molecular weight is 338 g/mol. The van der Waals surface area contributed by atoms with Gasteiger partial charge in [0, 0.05) is 37.2 Å². The molecule has 0 aliphatic carbocycles. The highest BCUT2D eigenvalue weighted by molar-refractivity contribution is 6.31. The van der Waals surface area contributed by atoms with Gasteiger partial charge in [0.25, 0.3) is 0 Å². The van der Waals surface area contributed by atoms with E-state index in [-0.39, 0.29) is 17.7 Å². The largest absolute Gasteiger partial charge is 0.351 e. The summed E-state index contributed by atoms with van der Waals surface area (Å²) in [4.78, 5) is 8.61. The molecule has 0 N–H and O–H groups in total. The molecule has 2 aromatic rings. The molecule has 0 spiro atoms. The van der Waals surface area contributed by atoms with Gasteiger partial charge in [0.1, 0.15) is 17.5 Å². The molecule has 6 heteroatoms. The molecule has 1 aromatic heterocycles. The van der Waals surface area contributed by atoms with Gasteiger partial charge in [-0.2, -0.15) is 0 Å². The van der Waals surface area contributed by atoms with Gasteiger partial charge in [-0.05, 0) is 36.8 Å². The summed E-state index contributed by atoms with van der Waals surface area (Å²) in [7, 11) is 0. The molecule has 23 heavy (non-hydrogen) atoms. The molecule has 0 bridgehead atoms. The summed E-state index contributed by atoms with van der Waals surface area (Å²) in [5.41, 5.74) is 0.925. The van der Waals surface area contributed by atoms with E-state index in [1.54, 1.807) is 12.1 Å². The lowest BCUT2D eigenvalue weighted by molar-refractivity contribution is 0.220. The van der Waals surface area contributed by atoms with Crippen molar-refractivity contribution in [3.63, 3.8) is 0 Å². The quantitative estimate of drug-likeness (QED) is 0.851. The van der Waals surface area contributed by atoms with Crippen molar-refractivity contribution in [3.05, 3.63) is 58.7 Å². The Labute approximate surface area is 139 Å². The summed E-state index contributed by atoms with van der Waals surface area (Å²) >= 11 is 6.10. The van der Waals surface area contributed by atoms with Gasteiger partial charge < -0.3 is 4.90 Å². The van der Waals surface area contributed by atoms with Crippen molar-refractivity contribution in [2.75, 3.05) is 24.5 Å². The number of hydrogen-bond donors (Lipinski definition) is 0. The van der Waals surface area contributed by atoms with Crippen molar-refractivity contribution in [3.8, 4) is 0 Å². The summed E-state index contributed by atoms with van der Waals surface area (Å²) in [6.07, 6.45) is 1.24. The first-order chi connectivity index (χ1) is 11.0. The molecule has 1 aromatic carbocycles. The van der Waals surface area contributed by atoms with Gasteiger partial charge in [0.15, 0.2) is 0 Å². The Morgan fingerprint density at radius 1 is 1.17 bits per heavy atom. The van der Waals surface area contributed by atoms with E-state index < -0.39 is 0 Å². The molecule has 3 rings (SSSR count). The van der Waals surface area contributed by atoms with Crippen molar-refractivity contribution in [2.45, 2.75) is 19.5 Å². The van der Waals surface area contributed by atoms with Gasteiger partial charge in [-0.15, -0.1) is 0 Å². The van der Waals surface area contributed by atoms with E-state index in [9.17, 15) is 8.78 Å². The van der Waals surface area contributed by atoms with Crippen LogP contribution in [0.4, 0.5) is 14.6 Å². The lowest BCUT2D eigenvalue weighted by Gasteiger charge is -2.40. The zero-order valence-electron chi connectivity index (χ0n) is 12.8. The zero-order valence-corrected chi connectivity index (χ0v) is 13.6. The van der Waals surface area contributed by atoms with Crippen LogP contribution in [0.15, 0.2) is 36.5 Å². The predicted molar refractivity (Wildman–Crippen MR) is 87.7 cm³/mol. The second-order valence-corrected chi connectivity index (χ2v) is 6.26. The van der Waals surface area contributed by atoms with Gasteiger partial charge in [-0.3, -0.25) is 4.90 Å². The summed E-state index contributed by atoms with van der Waals surface area (Å²) in [5.74, 6) is 0.142. The highest BCUT2D eigenvalue weighted by Gasteiger charge is 2.25. The number of halogens is 3. The minimum Gasteiger partial charge on any atom is -0.351 e. The molecule has 0 saturated carbocycles. The lowest BCUT2D eigenvalue weighted by atomic mass is 10.1. The second-order valence-electron chi connectivity index (χ2n) is 5.85. The maximum absolute atomic E-state index is 13.1. The second kappa shape index (κ2) is 6.81. The molecule has 0 radical (unpaired) electrons. The van der Waals surface area contributed by atoms with Crippen molar-refractivity contribution in [1.29, 1.82) is 0 Å². The number of pyridine rings is 1. The third-order valence-electron chi connectivity index (χ3n) is 4.13. The average Bonchev–Trinajstić information content (AvgIpc) is 2.51. The monoisotopic (exact) mass is 337 g/mol. The van der Waals surface area contributed by atoms with Crippen LogP contribution in [0.3, 0.4) is 0 Å². The number of nitrogens with zero attached hydrogens (tertiary/aromatic N) is 3. The van der Waals surface area contributed by atoms with Crippen LogP contribution in [-0.2, 0) is 6.54 Å². The molecule has 0 amide bonds. The van der Waals surface area contributed by atoms with Crippen molar-refractivity contribution in [1.82, 2.24) is 9.88 Å².